The van der Waals surface area contributed by atoms with Crippen LogP contribution in [0.3, 0.4) is 0 Å². The largest absolute Gasteiger partial charge is 0.342 e. The van der Waals surface area contributed by atoms with E-state index in [1.54, 1.807) is 0 Å². The van der Waals surface area contributed by atoms with E-state index in [1.807, 2.05) is 0 Å². The molecule has 2 aliphatic heterocycles. The number of aryl methyl sites for hydroxylation is 4. The maximum Gasteiger partial charge on any atom is 0.212 e. The fourth-order valence-electron chi connectivity index (χ4n) is 5.58. The summed E-state index contributed by atoms with van der Waals surface area (Å²) in [6.07, 6.45) is 8.94. The molecule has 2 aliphatic carbocycles. The van der Waals surface area contributed by atoms with E-state index >= 15 is 0 Å². The molecule has 164 valence electrons. The summed E-state index contributed by atoms with van der Waals surface area (Å²) in [4.78, 5) is 9.99. The molecule has 4 heterocycles. The van der Waals surface area contributed by atoms with Crippen molar-refractivity contribution in [1.82, 2.24) is 9.97 Å². The maximum atomic E-state index is 6.02. The monoisotopic (exact) mass is 422 g/mol. The van der Waals surface area contributed by atoms with Crippen LogP contribution in [0.2, 0.25) is 0 Å². The predicted octanol–water partition coefficient (Wildman–Crippen LogP) is 3.72. The number of hydrogen-bond acceptors (Lipinski definition) is 6. The van der Waals surface area contributed by atoms with Crippen molar-refractivity contribution in [3.05, 3.63) is 58.2 Å². The summed E-state index contributed by atoms with van der Waals surface area (Å²) >= 11 is 0. The molecule has 31 heavy (non-hydrogen) atoms. The first-order valence-corrected chi connectivity index (χ1v) is 11.8. The molecule has 0 saturated carbocycles. The van der Waals surface area contributed by atoms with Crippen molar-refractivity contribution < 1.29 is 18.9 Å². The van der Waals surface area contributed by atoms with Gasteiger partial charge in [-0.1, -0.05) is 12.1 Å². The van der Waals surface area contributed by atoms with Crippen molar-refractivity contribution in [2.75, 3.05) is 26.4 Å². The second-order valence-corrected chi connectivity index (χ2v) is 9.08. The molecule has 0 unspecified atom stereocenters. The van der Waals surface area contributed by atoms with E-state index in [9.17, 15) is 0 Å². The average Bonchev–Trinajstić information content (AvgIpc) is 3.46. The number of hydrogen-bond donors (Lipinski definition) is 0. The lowest BCUT2D eigenvalue weighted by molar-refractivity contribution is -0.178. The molecule has 2 spiro atoms. The molecule has 2 fully saturated rings. The summed E-state index contributed by atoms with van der Waals surface area (Å²) in [5, 5.41) is 0. The number of pyridine rings is 2. The van der Waals surface area contributed by atoms with E-state index in [1.165, 1.54) is 11.1 Å². The van der Waals surface area contributed by atoms with Crippen LogP contribution in [0.4, 0.5) is 0 Å². The number of aromatic nitrogens is 2. The SMILES string of the molecule is c1cc2c(nc1CCCc1ccc3c(n1)C1(CCC3)OCCO1)C1(CCC2)OCCO1. The summed E-state index contributed by atoms with van der Waals surface area (Å²) in [7, 11) is 0. The summed E-state index contributed by atoms with van der Waals surface area (Å²) in [5.41, 5.74) is 6.79. The zero-order valence-corrected chi connectivity index (χ0v) is 18.0. The lowest BCUT2D eigenvalue weighted by Crippen LogP contribution is -2.33. The second kappa shape index (κ2) is 7.93. The van der Waals surface area contributed by atoms with E-state index in [0.29, 0.717) is 26.4 Å². The molecule has 2 saturated heterocycles. The third-order valence-electron chi connectivity index (χ3n) is 7.07. The van der Waals surface area contributed by atoms with Crippen LogP contribution in [0.25, 0.3) is 0 Å². The van der Waals surface area contributed by atoms with Gasteiger partial charge in [-0.25, -0.2) is 0 Å². The predicted molar refractivity (Wildman–Crippen MR) is 114 cm³/mol. The van der Waals surface area contributed by atoms with Crippen LogP contribution in [0.1, 0.15) is 66.0 Å². The molecule has 0 bridgehead atoms. The molecular formula is C25H30N2O4. The van der Waals surface area contributed by atoms with Gasteiger partial charge in [-0.3, -0.25) is 9.97 Å². The van der Waals surface area contributed by atoms with Gasteiger partial charge in [0.05, 0.1) is 26.4 Å². The first-order valence-electron chi connectivity index (χ1n) is 11.8. The normalized spacial score (nSPS) is 23.2. The van der Waals surface area contributed by atoms with E-state index in [-0.39, 0.29) is 0 Å². The van der Waals surface area contributed by atoms with Gasteiger partial charge in [0.1, 0.15) is 11.4 Å². The Morgan fingerprint density at radius 2 is 1.10 bits per heavy atom. The highest BCUT2D eigenvalue weighted by atomic mass is 16.7. The van der Waals surface area contributed by atoms with Gasteiger partial charge in [-0.2, -0.15) is 0 Å². The molecule has 6 nitrogen and oxygen atoms in total. The molecule has 0 amide bonds. The van der Waals surface area contributed by atoms with Crippen LogP contribution < -0.4 is 0 Å². The quantitative estimate of drug-likeness (QED) is 0.748. The van der Waals surface area contributed by atoms with Crippen LogP contribution in [0.15, 0.2) is 24.3 Å². The highest BCUT2D eigenvalue weighted by molar-refractivity contribution is 5.31. The zero-order valence-electron chi connectivity index (χ0n) is 18.0. The third kappa shape index (κ3) is 3.50. The van der Waals surface area contributed by atoms with Gasteiger partial charge < -0.3 is 18.9 Å². The molecule has 2 aromatic heterocycles. The Labute approximate surface area is 183 Å². The average molecular weight is 423 g/mol. The number of rotatable bonds is 4. The molecule has 2 aromatic rings. The Morgan fingerprint density at radius 1 is 0.645 bits per heavy atom. The lowest BCUT2D eigenvalue weighted by atomic mass is 9.90. The lowest BCUT2D eigenvalue weighted by Gasteiger charge is -2.33. The highest BCUT2D eigenvalue weighted by Crippen LogP contribution is 2.42. The molecule has 4 aliphatic rings. The summed E-state index contributed by atoms with van der Waals surface area (Å²) < 4.78 is 24.1. The standard InChI is InChI=1S/C25H30N2O4/c1(6-20-10-8-18-4-2-12-24(22(18)26-20)28-14-15-29-24)7-21-11-9-19-5-3-13-25(23(19)27-21)30-16-17-31-25/h8-11H,1-7,12-17H2. The van der Waals surface area contributed by atoms with Crippen molar-refractivity contribution in [3.8, 4) is 0 Å². The van der Waals surface area contributed by atoms with Crippen molar-refractivity contribution in [2.24, 2.45) is 0 Å². The Bertz CT molecular complexity index is 886. The fraction of sp³-hybridized carbons (Fsp3) is 0.600. The minimum absolute atomic E-state index is 0.598. The van der Waals surface area contributed by atoms with E-state index < -0.39 is 11.6 Å². The summed E-state index contributed by atoms with van der Waals surface area (Å²) in [6.45, 7) is 2.63. The fourth-order valence-corrected chi connectivity index (χ4v) is 5.58. The first kappa shape index (κ1) is 19.8. The highest BCUT2D eigenvalue weighted by Gasteiger charge is 2.44. The molecular weight excluding hydrogens is 392 g/mol. The van der Waals surface area contributed by atoms with E-state index in [4.69, 9.17) is 28.9 Å². The van der Waals surface area contributed by atoms with Gasteiger partial charge in [0, 0.05) is 24.2 Å². The van der Waals surface area contributed by atoms with Gasteiger partial charge in [0.15, 0.2) is 0 Å². The van der Waals surface area contributed by atoms with Crippen molar-refractivity contribution >= 4 is 0 Å². The van der Waals surface area contributed by atoms with Crippen LogP contribution in [0, 0.1) is 0 Å². The second-order valence-electron chi connectivity index (χ2n) is 9.08. The van der Waals surface area contributed by atoms with Gasteiger partial charge >= 0.3 is 0 Å². The van der Waals surface area contributed by atoms with Gasteiger partial charge in [0.2, 0.25) is 11.6 Å². The third-order valence-corrected chi connectivity index (χ3v) is 7.07. The van der Waals surface area contributed by atoms with Gasteiger partial charge in [-0.05, 0) is 68.2 Å². The van der Waals surface area contributed by atoms with Crippen LogP contribution in [-0.4, -0.2) is 36.4 Å². The number of fused-ring (bicyclic) bond motifs is 4. The van der Waals surface area contributed by atoms with E-state index in [0.717, 1.165) is 80.6 Å². The summed E-state index contributed by atoms with van der Waals surface area (Å²) in [5.74, 6) is -1.20. The minimum Gasteiger partial charge on any atom is -0.342 e. The summed E-state index contributed by atoms with van der Waals surface area (Å²) in [6, 6.07) is 8.78. The van der Waals surface area contributed by atoms with Gasteiger partial charge in [-0.15, -0.1) is 0 Å². The molecule has 0 atom stereocenters. The smallest absolute Gasteiger partial charge is 0.212 e. The topological polar surface area (TPSA) is 62.7 Å². The molecule has 0 radical (unpaired) electrons. The Hall–Kier alpha value is -1.86. The molecule has 0 aromatic carbocycles. The van der Waals surface area contributed by atoms with Crippen LogP contribution in [0.5, 0.6) is 0 Å². The first-order chi connectivity index (χ1) is 15.3. The molecule has 0 N–H and O–H groups in total. The Morgan fingerprint density at radius 3 is 1.55 bits per heavy atom. The molecule has 6 heteroatoms. The van der Waals surface area contributed by atoms with Crippen LogP contribution in [-0.2, 0) is 56.2 Å². The maximum absolute atomic E-state index is 6.02. The van der Waals surface area contributed by atoms with Crippen LogP contribution >= 0.6 is 0 Å². The van der Waals surface area contributed by atoms with Crippen molar-refractivity contribution in [2.45, 2.75) is 69.4 Å². The Kier molecular flexibility index (Phi) is 5.06. The zero-order chi connectivity index (χ0) is 20.7. The van der Waals surface area contributed by atoms with Crippen molar-refractivity contribution in [1.29, 1.82) is 0 Å². The Balaban J connectivity index is 1.16. The minimum atomic E-state index is -0.598. The molecule has 6 rings (SSSR count). The number of ether oxygens (including phenoxy) is 4. The van der Waals surface area contributed by atoms with Crippen molar-refractivity contribution in [3.63, 3.8) is 0 Å². The van der Waals surface area contributed by atoms with Gasteiger partial charge in [0.25, 0.3) is 0 Å². The van der Waals surface area contributed by atoms with E-state index in [2.05, 4.69) is 24.3 Å². The number of nitrogens with zero attached hydrogens (tertiary/aromatic N) is 2.